The lowest BCUT2D eigenvalue weighted by atomic mass is 9.80. The Morgan fingerprint density at radius 1 is 0.892 bits per heavy atom. The van der Waals surface area contributed by atoms with Crippen molar-refractivity contribution in [1.29, 1.82) is 0 Å². The van der Waals surface area contributed by atoms with E-state index < -0.39 is 11.9 Å². The summed E-state index contributed by atoms with van der Waals surface area (Å²) >= 11 is 0. The number of benzene rings is 2. The molecule has 2 heterocycles. The van der Waals surface area contributed by atoms with Crippen LogP contribution < -0.4 is 4.90 Å². The molecule has 2 N–H and O–H groups in total. The summed E-state index contributed by atoms with van der Waals surface area (Å²) in [4.78, 5) is 25.0. The van der Waals surface area contributed by atoms with Crippen LogP contribution in [0, 0.1) is 13.8 Å². The molecule has 0 saturated heterocycles. The Hall–Kier alpha value is -3.67. The molecule has 2 aliphatic heterocycles. The van der Waals surface area contributed by atoms with Gasteiger partial charge in [-0.15, -0.1) is 0 Å². The van der Waals surface area contributed by atoms with Gasteiger partial charge in [0.25, 0.3) is 0 Å². The molecule has 0 amide bonds. The quantitative estimate of drug-likeness (QED) is 0.443. The highest BCUT2D eigenvalue weighted by Gasteiger charge is 2.44. The summed E-state index contributed by atoms with van der Waals surface area (Å²) in [6.45, 7) is 13.6. The number of hydrogen-bond donors (Lipinski definition) is 2. The smallest absolute Gasteiger partial charge is 0.309 e. The lowest BCUT2D eigenvalue weighted by molar-refractivity contribution is -0.436. The second-order valence-corrected chi connectivity index (χ2v) is 11.2. The van der Waals surface area contributed by atoms with Gasteiger partial charge in [0.1, 0.15) is 6.42 Å². The van der Waals surface area contributed by atoms with Crippen molar-refractivity contribution in [3.63, 3.8) is 0 Å². The van der Waals surface area contributed by atoms with Gasteiger partial charge in [-0.1, -0.05) is 49.2 Å². The van der Waals surface area contributed by atoms with E-state index in [1.165, 1.54) is 22.3 Å². The van der Waals surface area contributed by atoms with Crippen molar-refractivity contribution in [2.75, 3.05) is 18.0 Å². The van der Waals surface area contributed by atoms with Crippen LogP contribution in [0.2, 0.25) is 0 Å². The van der Waals surface area contributed by atoms with Crippen LogP contribution >= 0.6 is 0 Å². The van der Waals surface area contributed by atoms with Crippen molar-refractivity contribution >= 4 is 29.0 Å². The molecule has 0 unspecified atom stereocenters. The number of rotatable bonds is 8. The molecule has 0 bridgehead atoms. The maximum atomic E-state index is 11.4. The maximum Gasteiger partial charge on any atom is 0.309 e. The third kappa shape index (κ3) is 4.85. The summed E-state index contributed by atoms with van der Waals surface area (Å²) in [5.74, 6) is -1.64. The zero-order valence-electron chi connectivity index (χ0n) is 22.6. The van der Waals surface area contributed by atoms with Gasteiger partial charge in [-0.25, -0.2) is 0 Å². The Morgan fingerprint density at radius 2 is 1.51 bits per heavy atom. The van der Waals surface area contributed by atoms with Gasteiger partial charge in [-0.2, -0.15) is 4.58 Å². The molecule has 6 heteroatoms. The molecule has 37 heavy (non-hydrogen) atoms. The molecule has 4 rings (SSSR count). The van der Waals surface area contributed by atoms with Crippen molar-refractivity contribution in [2.24, 2.45) is 0 Å². The predicted molar refractivity (Wildman–Crippen MR) is 147 cm³/mol. The van der Waals surface area contributed by atoms with Crippen molar-refractivity contribution in [1.82, 2.24) is 0 Å². The molecule has 2 aliphatic rings. The van der Waals surface area contributed by atoms with Gasteiger partial charge in [-0.3, -0.25) is 9.59 Å². The van der Waals surface area contributed by atoms with E-state index in [9.17, 15) is 19.8 Å². The Balaban J connectivity index is 1.77. The molecule has 2 aromatic carbocycles. The van der Waals surface area contributed by atoms with Crippen LogP contribution in [0.1, 0.15) is 62.8 Å². The zero-order chi connectivity index (χ0) is 27.1. The first-order chi connectivity index (χ1) is 17.3. The van der Waals surface area contributed by atoms with Crippen LogP contribution in [0.3, 0.4) is 0 Å². The van der Waals surface area contributed by atoms with E-state index in [4.69, 9.17) is 0 Å². The summed E-state index contributed by atoms with van der Waals surface area (Å²) in [5.41, 5.74) is 8.35. The highest BCUT2D eigenvalue weighted by atomic mass is 16.4. The van der Waals surface area contributed by atoms with E-state index in [1.54, 1.807) is 0 Å². The van der Waals surface area contributed by atoms with E-state index in [2.05, 4.69) is 99.6 Å². The number of fused-ring (bicyclic) bond motifs is 2. The molecular weight excluding hydrogens is 464 g/mol. The van der Waals surface area contributed by atoms with Crippen molar-refractivity contribution < 1.29 is 24.4 Å². The van der Waals surface area contributed by atoms with Crippen LogP contribution in [0.4, 0.5) is 11.4 Å². The van der Waals surface area contributed by atoms with E-state index in [0.29, 0.717) is 13.1 Å². The van der Waals surface area contributed by atoms with Crippen LogP contribution in [-0.2, 0) is 20.4 Å². The summed E-state index contributed by atoms with van der Waals surface area (Å²) in [6, 6.07) is 12.7. The van der Waals surface area contributed by atoms with Crippen LogP contribution in [-0.4, -0.2) is 45.5 Å². The number of aryl methyl sites for hydroxylation is 2. The normalized spacial score (nSPS) is 18.5. The number of nitrogens with zero attached hydrogens (tertiary/aromatic N) is 2. The minimum atomic E-state index is -0.821. The van der Waals surface area contributed by atoms with Crippen LogP contribution in [0.25, 0.3) is 0 Å². The molecule has 2 aromatic rings. The molecule has 0 radical (unpaired) electrons. The molecular formula is C31H37N2O4+. The average Bonchev–Trinajstić information content (AvgIpc) is 3.14. The minimum absolute atomic E-state index is 0.0481. The molecule has 0 aliphatic carbocycles. The number of carboxylic acids is 2. The molecule has 0 saturated carbocycles. The largest absolute Gasteiger partial charge is 0.481 e. The van der Waals surface area contributed by atoms with Crippen LogP contribution in [0.15, 0.2) is 60.3 Å². The molecule has 0 spiro atoms. The fourth-order valence-electron chi connectivity index (χ4n) is 5.71. The van der Waals surface area contributed by atoms with Gasteiger partial charge in [0, 0.05) is 41.1 Å². The maximum absolute atomic E-state index is 11.4. The first-order valence-electron chi connectivity index (χ1n) is 12.8. The van der Waals surface area contributed by atoms with Gasteiger partial charge in [0.15, 0.2) is 12.3 Å². The first kappa shape index (κ1) is 26.4. The lowest BCUT2D eigenvalue weighted by Crippen LogP contribution is -2.29. The summed E-state index contributed by atoms with van der Waals surface area (Å²) in [7, 11) is 0. The Labute approximate surface area is 219 Å². The topological polar surface area (TPSA) is 80.9 Å². The fourth-order valence-corrected chi connectivity index (χ4v) is 5.71. The molecule has 0 atom stereocenters. The molecule has 194 valence electrons. The summed E-state index contributed by atoms with van der Waals surface area (Å²) < 4.78 is 2.12. The van der Waals surface area contributed by atoms with Crippen molar-refractivity contribution in [3.05, 3.63) is 82.6 Å². The highest BCUT2D eigenvalue weighted by molar-refractivity contribution is 6.03. The first-order valence-corrected chi connectivity index (χ1v) is 12.8. The number of carbonyl (C=O) groups is 2. The van der Waals surface area contributed by atoms with Crippen molar-refractivity contribution in [3.8, 4) is 0 Å². The Morgan fingerprint density at radius 3 is 2.16 bits per heavy atom. The van der Waals surface area contributed by atoms with Gasteiger partial charge in [-0.05, 0) is 51.5 Å². The monoisotopic (exact) mass is 501 g/mol. The van der Waals surface area contributed by atoms with Gasteiger partial charge >= 0.3 is 11.9 Å². The van der Waals surface area contributed by atoms with E-state index >= 15 is 0 Å². The third-order valence-electron chi connectivity index (χ3n) is 7.70. The molecule has 6 nitrogen and oxygen atoms in total. The van der Waals surface area contributed by atoms with Gasteiger partial charge in [0.05, 0.1) is 11.8 Å². The fraction of sp³-hybridized carbons (Fsp3) is 0.387. The third-order valence-corrected chi connectivity index (χ3v) is 7.70. The summed E-state index contributed by atoms with van der Waals surface area (Å²) in [6.07, 6.45) is 6.31. The van der Waals surface area contributed by atoms with Crippen molar-refractivity contribution in [2.45, 2.75) is 65.2 Å². The van der Waals surface area contributed by atoms with Gasteiger partial charge < -0.3 is 15.1 Å². The minimum Gasteiger partial charge on any atom is -0.481 e. The van der Waals surface area contributed by atoms with E-state index in [0.717, 1.165) is 22.8 Å². The number of aliphatic carboxylic acids is 2. The van der Waals surface area contributed by atoms with E-state index in [1.807, 2.05) is 6.08 Å². The summed E-state index contributed by atoms with van der Waals surface area (Å²) in [5, 5.41) is 18.7. The predicted octanol–water partition coefficient (Wildman–Crippen LogP) is 5.87. The number of carboxylic acid groups (broad SMARTS) is 2. The number of hydrogen-bond acceptors (Lipinski definition) is 3. The number of allylic oxidation sites excluding steroid dienone is 4. The standard InChI is InChI=1S/C31H36N2O4/c1-20-10-12-24-22(18-20)30(3,4)26(32(24)16-14-28(34)35)8-7-9-27-31(5,6)23-19-21(2)11-13-25(23)33(27)17-15-29(36)37/h7-13,18-19H,14-17H2,1-6H3,(H-,34,35,36,37)/p+1. The van der Waals surface area contributed by atoms with E-state index in [-0.39, 0.29) is 23.7 Å². The lowest BCUT2D eigenvalue weighted by Gasteiger charge is -2.26. The molecule has 0 fully saturated rings. The van der Waals surface area contributed by atoms with Crippen LogP contribution in [0.5, 0.6) is 0 Å². The Kier molecular flexibility index (Phi) is 6.89. The SMILES string of the molecule is Cc1ccc2c(c1)C(C)(C)C(/C=C/C=C1\N(CCC(=O)O)c3ccc(C)cc3C1(C)C)=[N+]2CCC(=O)O. The number of anilines is 1. The molecule has 0 aromatic heterocycles. The second kappa shape index (κ2) is 9.66. The second-order valence-electron chi connectivity index (χ2n) is 11.2. The highest BCUT2D eigenvalue weighted by Crippen LogP contribution is 2.48. The zero-order valence-corrected chi connectivity index (χ0v) is 22.6. The average molecular weight is 502 g/mol. The Bertz CT molecular complexity index is 1360. The van der Waals surface area contributed by atoms with Gasteiger partial charge in [0.2, 0.25) is 5.69 Å².